The first kappa shape index (κ1) is 28.5. The molecule has 0 N–H and O–H groups in total. The lowest BCUT2D eigenvalue weighted by atomic mass is 9.67. The second-order valence-corrected chi connectivity index (χ2v) is 14.2. The fraction of sp³-hybridized carbons (Fsp3) is 0.0217. The molecule has 238 valence electrons. The normalized spacial score (nSPS) is 13.6. The Morgan fingerprint density at radius 2 is 0.922 bits per heavy atom. The lowest BCUT2D eigenvalue weighted by Gasteiger charge is -2.39. The molecule has 51 heavy (non-hydrogen) atoms. The van der Waals surface area contributed by atoms with Crippen molar-refractivity contribution in [1.82, 2.24) is 15.0 Å². The molecular weight excluding hydrogens is 643 g/mol. The van der Waals surface area contributed by atoms with E-state index in [1.54, 1.807) is 0 Å². The van der Waals surface area contributed by atoms with Crippen molar-refractivity contribution in [2.45, 2.75) is 15.2 Å². The summed E-state index contributed by atoms with van der Waals surface area (Å²) in [6.45, 7) is 0. The quantitative estimate of drug-likeness (QED) is 0.187. The van der Waals surface area contributed by atoms with Crippen molar-refractivity contribution in [1.29, 1.82) is 0 Å². The van der Waals surface area contributed by atoms with Gasteiger partial charge in [-0.1, -0.05) is 139 Å². The third-order valence-corrected chi connectivity index (χ3v) is 11.5. The van der Waals surface area contributed by atoms with Crippen LogP contribution in [-0.2, 0) is 5.41 Å². The SMILES string of the molecule is c1ccc(-c2nc(-c3ccccc3)nc(-c3ccc4oc5cc6c(cc5c4c3)C3(c4ccccc4S6)c4ccccc4-c4ccccc43)n2)cc1. The van der Waals surface area contributed by atoms with Gasteiger partial charge in [0, 0.05) is 37.3 Å². The molecule has 0 bridgehead atoms. The summed E-state index contributed by atoms with van der Waals surface area (Å²) in [7, 11) is 0. The van der Waals surface area contributed by atoms with Crippen molar-refractivity contribution in [3.05, 3.63) is 186 Å². The number of hydrogen-bond donors (Lipinski definition) is 0. The highest BCUT2D eigenvalue weighted by Crippen LogP contribution is 2.62. The molecule has 0 amide bonds. The highest BCUT2D eigenvalue weighted by molar-refractivity contribution is 7.99. The largest absolute Gasteiger partial charge is 0.456 e. The fourth-order valence-electron chi connectivity index (χ4n) is 8.20. The van der Waals surface area contributed by atoms with Gasteiger partial charge in [-0.2, -0.15) is 0 Å². The molecule has 0 saturated heterocycles. The fourth-order valence-corrected chi connectivity index (χ4v) is 9.41. The summed E-state index contributed by atoms with van der Waals surface area (Å²) in [5.41, 5.74) is 11.9. The summed E-state index contributed by atoms with van der Waals surface area (Å²) in [5, 5.41) is 2.11. The highest BCUT2D eigenvalue weighted by Gasteiger charge is 2.50. The third-order valence-electron chi connectivity index (χ3n) is 10.4. The molecule has 1 aliphatic carbocycles. The van der Waals surface area contributed by atoms with E-state index < -0.39 is 5.41 Å². The summed E-state index contributed by atoms with van der Waals surface area (Å²) in [4.78, 5) is 17.4. The van der Waals surface area contributed by atoms with Crippen LogP contribution in [0.15, 0.2) is 178 Å². The molecule has 0 fully saturated rings. The van der Waals surface area contributed by atoms with Crippen LogP contribution in [0.1, 0.15) is 22.3 Å². The number of nitrogens with zero attached hydrogens (tertiary/aromatic N) is 3. The Morgan fingerprint density at radius 1 is 0.392 bits per heavy atom. The Morgan fingerprint density at radius 3 is 1.57 bits per heavy atom. The molecule has 3 heterocycles. The third kappa shape index (κ3) is 4.13. The molecular formula is C46H27N3OS. The Labute approximate surface area is 298 Å². The maximum atomic E-state index is 6.61. The van der Waals surface area contributed by atoms with Crippen molar-refractivity contribution in [3.63, 3.8) is 0 Å². The summed E-state index contributed by atoms with van der Waals surface area (Å²) < 4.78 is 6.61. The Bertz CT molecular complexity index is 2740. The van der Waals surface area contributed by atoms with Crippen LogP contribution >= 0.6 is 11.8 Å². The first-order chi connectivity index (χ1) is 25.3. The van der Waals surface area contributed by atoms with Gasteiger partial charge in [0.05, 0.1) is 5.41 Å². The Hall–Kier alpha value is -6.30. The maximum absolute atomic E-state index is 6.61. The van der Waals surface area contributed by atoms with Crippen molar-refractivity contribution in [2.75, 3.05) is 0 Å². The van der Waals surface area contributed by atoms with E-state index in [1.807, 2.05) is 72.4 Å². The van der Waals surface area contributed by atoms with Crippen LogP contribution in [0.25, 0.3) is 67.2 Å². The molecule has 11 rings (SSSR count). The molecule has 4 nitrogen and oxygen atoms in total. The number of furan rings is 1. The predicted molar refractivity (Wildman–Crippen MR) is 205 cm³/mol. The van der Waals surface area contributed by atoms with Crippen molar-refractivity contribution in [3.8, 4) is 45.3 Å². The van der Waals surface area contributed by atoms with Crippen LogP contribution in [0, 0.1) is 0 Å². The Kier molecular flexibility index (Phi) is 6.07. The van der Waals surface area contributed by atoms with Gasteiger partial charge in [-0.3, -0.25) is 0 Å². The lowest BCUT2D eigenvalue weighted by Crippen LogP contribution is -2.31. The molecule has 1 spiro atoms. The number of benzene rings is 7. The second-order valence-electron chi connectivity index (χ2n) is 13.1. The Balaban J connectivity index is 1.16. The molecule has 0 saturated carbocycles. The van der Waals surface area contributed by atoms with E-state index in [0.29, 0.717) is 17.5 Å². The number of rotatable bonds is 3. The maximum Gasteiger partial charge on any atom is 0.164 e. The molecule has 0 atom stereocenters. The van der Waals surface area contributed by atoms with Gasteiger partial charge in [-0.05, 0) is 69.8 Å². The molecule has 5 heteroatoms. The van der Waals surface area contributed by atoms with Crippen molar-refractivity contribution >= 4 is 33.7 Å². The van der Waals surface area contributed by atoms with Crippen LogP contribution in [0.5, 0.6) is 0 Å². The summed E-state index contributed by atoms with van der Waals surface area (Å²) in [6.07, 6.45) is 0. The molecule has 9 aromatic rings. The van der Waals surface area contributed by atoms with E-state index in [9.17, 15) is 0 Å². The monoisotopic (exact) mass is 669 g/mol. The van der Waals surface area contributed by atoms with Gasteiger partial charge < -0.3 is 4.42 Å². The summed E-state index contributed by atoms with van der Waals surface area (Å²) in [6, 6.07) is 57.8. The minimum absolute atomic E-state index is 0.455. The zero-order valence-corrected chi connectivity index (χ0v) is 28.1. The average Bonchev–Trinajstić information content (AvgIpc) is 3.70. The van der Waals surface area contributed by atoms with Crippen LogP contribution in [0.2, 0.25) is 0 Å². The van der Waals surface area contributed by atoms with Crippen LogP contribution < -0.4 is 0 Å². The van der Waals surface area contributed by atoms with Gasteiger partial charge in [0.2, 0.25) is 0 Å². The summed E-state index contributed by atoms with van der Waals surface area (Å²) in [5.74, 6) is 1.90. The van der Waals surface area contributed by atoms with E-state index in [1.165, 1.54) is 43.2 Å². The van der Waals surface area contributed by atoms with Crippen LogP contribution in [0.3, 0.4) is 0 Å². The molecule has 7 aromatic carbocycles. The van der Waals surface area contributed by atoms with Crippen molar-refractivity contribution < 1.29 is 4.42 Å². The first-order valence-electron chi connectivity index (χ1n) is 17.1. The minimum atomic E-state index is -0.455. The van der Waals surface area contributed by atoms with E-state index in [0.717, 1.165) is 38.6 Å². The van der Waals surface area contributed by atoms with E-state index in [4.69, 9.17) is 19.4 Å². The molecule has 2 aliphatic rings. The van der Waals surface area contributed by atoms with E-state index in [2.05, 4.69) is 103 Å². The van der Waals surface area contributed by atoms with Crippen LogP contribution in [0.4, 0.5) is 0 Å². The van der Waals surface area contributed by atoms with Gasteiger partial charge in [0.1, 0.15) is 11.2 Å². The number of fused-ring (bicyclic) bond motifs is 12. The van der Waals surface area contributed by atoms with Crippen LogP contribution in [-0.4, -0.2) is 15.0 Å². The van der Waals surface area contributed by atoms with E-state index in [-0.39, 0.29) is 0 Å². The van der Waals surface area contributed by atoms with Gasteiger partial charge in [-0.15, -0.1) is 0 Å². The lowest BCUT2D eigenvalue weighted by molar-refractivity contribution is 0.664. The number of aromatic nitrogens is 3. The topological polar surface area (TPSA) is 51.8 Å². The van der Waals surface area contributed by atoms with Crippen molar-refractivity contribution in [2.24, 2.45) is 0 Å². The molecule has 1 aliphatic heterocycles. The summed E-state index contributed by atoms with van der Waals surface area (Å²) >= 11 is 1.83. The average molecular weight is 670 g/mol. The standard InChI is InChI=1S/C46H27N3OS/c1-3-13-28(14-4-1)43-47-44(29-15-5-2-6-16-29)49-45(48-43)30-23-24-39-33(25-30)34-26-38-42(27-40(34)50-39)51-41-22-12-11-21-37(41)46(38)35-19-9-7-17-31(35)32-18-8-10-20-36(32)46/h1-27H. The highest BCUT2D eigenvalue weighted by atomic mass is 32.2. The van der Waals surface area contributed by atoms with Gasteiger partial charge >= 0.3 is 0 Å². The zero-order chi connectivity index (χ0) is 33.5. The first-order valence-corrected chi connectivity index (χ1v) is 17.9. The van der Waals surface area contributed by atoms with Gasteiger partial charge in [0.15, 0.2) is 17.5 Å². The number of hydrogen-bond acceptors (Lipinski definition) is 5. The predicted octanol–water partition coefficient (Wildman–Crippen LogP) is 11.6. The van der Waals surface area contributed by atoms with Gasteiger partial charge in [0.25, 0.3) is 0 Å². The smallest absolute Gasteiger partial charge is 0.164 e. The second kappa shape index (κ2) is 10.8. The van der Waals surface area contributed by atoms with Gasteiger partial charge in [-0.25, -0.2) is 15.0 Å². The molecule has 0 unspecified atom stereocenters. The molecule has 2 aromatic heterocycles. The minimum Gasteiger partial charge on any atom is -0.456 e. The zero-order valence-electron chi connectivity index (χ0n) is 27.2. The van der Waals surface area contributed by atoms with E-state index >= 15 is 0 Å². The molecule has 0 radical (unpaired) electrons.